The third kappa shape index (κ3) is 4.82. The van der Waals surface area contributed by atoms with Gasteiger partial charge in [0.2, 0.25) is 5.91 Å². The second kappa shape index (κ2) is 6.67. The van der Waals surface area contributed by atoms with Crippen molar-refractivity contribution in [2.45, 2.75) is 20.8 Å². The van der Waals surface area contributed by atoms with Crippen molar-refractivity contribution >= 4 is 17.5 Å². The van der Waals surface area contributed by atoms with E-state index in [1.165, 1.54) is 30.0 Å². The van der Waals surface area contributed by atoms with E-state index in [4.69, 9.17) is 5.73 Å². The lowest BCUT2D eigenvalue weighted by atomic mass is 9.93. The maximum absolute atomic E-state index is 13.8. The first-order chi connectivity index (χ1) is 9.66. The molecule has 5 nitrogen and oxygen atoms in total. The molecule has 0 radical (unpaired) electrons. The third-order valence-corrected chi connectivity index (χ3v) is 3.08. The molecule has 1 aromatic rings. The van der Waals surface area contributed by atoms with Gasteiger partial charge < -0.3 is 16.0 Å². The van der Waals surface area contributed by atoms with Crippen LogP contribution in [0, 0.1) is 11.2 Å². The summed E-state index contributed by atoms with van der Waals surface area (Å²) in [6, 6.07) is 3.92. The molecule has 0 saturated carbocycles. The molecule has 116 valence electrons. The molecular weight excluding hydrogens is 273 g/mol. The molecule has 0 spiro atoms. The minimum absolute atomic E-state index is 0.0726. The summed E-state index contributed by atoms with van der Waals surface area (Å²) in [6.07, 6.45) is 0. The number of nitrogens with two attached hydrogens (primary N) is 1. The molecular formula is C15H22FN3O2. The van der Waals surface area contributed by atoms with Crippen LogP contribution in [0.25, 0.3) is 0 Å². The van der Waals surface area contributed by atoms with Gasteiger partial charge in [-0.3, -0.25) is 9.59 Å². The Labute approximate surface area is 124 Å². The lowest BCUT2D eigenvalue weighted by molar-refractivity contribution is -0.114. The van der Waals surface area contributed by atoms with E-state index < -0.39 is 11.7 Å². The summed E-state index contributed by atoms with van der Waals surface area (Å²) in [5, 5.41) is 2.53. The van der Waals surface area contributed by atoms with Crippen molar-refractivity contribution in [3.8, 4) is 0 Å². The van der Waals surface area contributed by atoms with Gasteiger partial charge in [0.15, 0.2) is 0 Å². The maximum Gasteiger partial charge on any atom is 0.256 e. The molecule has 0 aliphatic heterocycles. The quantitative estimate of drug-likeness (QED) is 0.870. The maximum atomic E-state index is 13.8. The summed E-state index contributed by atoms with van der Waals surface area (Å²) >= 11 is 0. The summed E-state index contributed by atoms with van der Waals surface area (Å²) in [7, 11) is 1.60. The lowest BCUT2D eigenvalue weighted by Crippen LogP contribution is -2.40. The highest BCUT2D eigenvalue weighted by Gasteiger charge is 2.23. The first kappa shape index (κ1) is 17.1. The fraction of sp³-hybridized carbons (Fsp3) is 0.467. The van der Waals surface area contributed by atoms with Crippen LogP contribution in [0.1, 0.15) is 31.1 Å². The number of hydrogen-bond donors (Lipinski definition) is 2. The van der Waals surface area contributed by atoms with E-state index in [2.05, 4.69) is 5.32 Å². The van der Waals surface area contributed by atoms with Crippen molar-refractivity contribution in [2.75, 3.05) is 25.5 Å². The zero-order chi connectivity index (χ0) is 16.2. The van der Waals surface area contributed by atoms with Crippen molar-refractivity contribution in [3.05, 3.63) is 29.6 Å². The molecule has 1 aromatic carbocycles. The number of nitrogens with one attached hydrogen (secondary N) is 1. The SMILES string of the molecule is CC(=O)Nc1ccc(F)c(C(=O)N(C)CC(C)(C)CN)c1. The molecule has 6 heteroatoms. The molecule has 2 amide bonds. The lowest BCUT2D eigenvalue weighted by Gasteiger charge is -2.29. The molecule has 0 fully saturated rings. The van der Waals surface area contributed by atoms with Crippen LogP contribution < -0.4 is 11.1 Å². The van der Waals surface area contributed by atoms with Gasteiger partial charge >= 0.3 is 0 Å². The highest BCUT2D eigenvalue weighted by Crippen LogP contribution is 2.19. The highest BCUT2D eigenvalue weighted by molar-refractivity contribution is 5.97. The minimum Gasteiger partial charge on any atom is -0.341 e. The summed E-state index contributed by atoms with van der Waals surface area (Å²) in [6.45, 7) is 6.04. The van der Waals surface area contributed by atoms with Crippen molar-refractivity contribution in [1.29, 1.82) is 0 Å². The molecule has 1 rings (SSSR count). The highest BCUT2D eigenvalue weighted by atomic mass is 19.1. The summed E-state index contributed by atoms with van der Waals surface area (Å²) < 4.78 is 13.8. The van der Waals surface area contributed by atoms with Crippen molar-refractivity contribution in [2.24, 2.45) is 11.1 Å². The van der Waals surface area contributed by atoms with Gasteiger partial charge in [-0.1, -0.05) is 13.8 Å². The molecule has 0 heterocycles. The number of amides is 2. The number of halogens is 1. The van der Waals surface area contributed by atoms with Gasteiger partial charge in [0, 0.05) is 26.2 Å². The molecule has 0 aliphatic rings. The number of carbonyl (C=O) groups is 2. The third-order valence-electron chi connectivity index (χ3n) is 3.08. The number of nitrogens with zero attached hydrogens (tertiary/aromatic N) is 1. The predicted molar refractivity (Wildman–Crippen MR) is 80.5 cm³/mol. The van der Waals surface area contributed by atoms with E-state index in [1.54, 1.807) is 7.05 Å². The fourth-order valence-corrected chi connectivity index (χ4v) is 1.95. The number of hydrogen-bond acceptors (Lipinski definition) is 3. The number of benzene rings is 1. The molecule has 0 aromatic heterocycles. The van der Waals surface area contributed by atoms with E-state index in [0.717, 1.165) is 0 Å². The van der Waals surface area contributed by atoms with Gasteiger partial charge in [-0.15, -0.1) is 0 Å². The van der Waals surface area contributed by atoms with Crippen LogP contribution in [-0.2, 0) is 4.79 Å². The topological polar surface area (TPSA) is 75.4 Å². The van der Waals surface area contributed by atoms with Gasteiger partial charge in [-0.25, -0.2) is 4.39 Å². The van der Waals surface area contributed by atoms with Crippen LogP contribution in [0.4, 0.5) is 10.1 Å². The molecule has 0 unspecified atom stereocenters. The smallest absolute Gasteiger partial charge is 0.256 e. The van der Waals surface area contributed by atoms with E-state index >= 15 is 0 Å². The van der Waals surface area contributed by atoms with Crippen molar-refractivity contribution in [1.82, 2.24) is 4.90 Å². The Kier molecular flexibility index (Phi) is 5.43. The predicted octanol–water partition coefficient (Wildman–Crippen LogP) is 1.84. The number of anilines is 1. The zero-order valence-corrected chi connectivity index (χ0v) is 12.9. The van der Waals surface area contributed by atoms with Gasteiger partial charge in [0.25, 0.3) is 5.91 Å². The van der Waals surface area contributed by atoms with Crippen LogP contribution in [0.5, 0.6) is 0 Å². The Morgan fingerprint density at radius 1 is 1.38 bits per heavy atom. The van der Waals surface area contributed by atoms with Crippen LogP contribution in [0.2, 0.25) is 0 Å². The van der Waals surface area contributed by atoms with E-state index in [9.17, 15) is 14.0 Å². The van der Waals surface area contributed by atoms with Crippen LogP contribution >= 0.6 is 0 Å². The first-order valence-corrected chi connectivity index (χ1v) is 6.69. The second-order valence-corrected chi connectivity index (χ2v) is 5.91. The Balaban J connectivity index is 2.98. The van der Waals surface area contributed by atoms with Gasteiger partial charge in [-0.05, 0) is 30.2 Å². The van der Waals surface area contributed by atoms with Crippen LogP contribution in [0.15, 0.2) is 18.2 Å². The molecule has 21 heavy (non-hydrogen) atoms. The molecule has 0 aliphatic carbocycles. The number of rotatable bonds is 5. The largest absolute Gasteiger partial charge is 0.341 e. The van der Waals surface area contributed by atoms with E-state index in [-0.39, 0.29) is 16.9 Å². The molecule has 3 N–H and O–H groups in total. The number of carbonyl (C=O) groups excluding carboxylic acids is 2. The first-order valence-electron chi connectivity index (χ1n) is 6.69. The molecule has 0 bridgehead atoms. The van der Waals surface area contributed by atoms with Crippen LogP contribution in [0.3, 0.4) is 0 Å². The van der Waals surface area contributed by atoms with Gasteiger partial charge in [0.05, 0.1) is 5.56 Å². The average molecular weight is 295 g/mol. The standard InChI is InChI=1S/C15H22FN3O2/c1-10(20)18-11-5-6-13(16)12(7-11)14(21)19(4)9-15(2,3)8-17/h5-7H,8-9,17H2,1-4H3,(H,18,20). The molecule has 0 saturated heterocycles. The van der Waals surface area contributed by atoms with Gasteiger partial charge in [0.1, 0.15) is 5.82 Å². The van der Waals surface area contributed by atoms with Gasteiger partial charge in [-0.2, -0.15) is 0 Å². The van der Waals surface area contributed by atoms with Crippen molar-refractivity contribution in [3.63, 3.8) is 0 Å². The second-order valence-electron chi connectivity index (χ2n) is 5.91. The fourth-order valence-electron chi connectivity index (χ4n) is 1.95. The monoisotopic (exact) mass is 295 g/mol. The Morgan fingerprint density at radius 2 is 2.00 bits per heavy atom. The normalized spacial score (nSPS) is 11.1. The minimum atomic E-state index is -0.619. The zero-order valence-electron chi connectivity index (χ0n) is 12.9. The van der Waals surface area contributed by atoms with E-state index in [1.807, 2.05) is 13.8 Å². The Bertz CT molecular complexity index is 544. The van der Waals surface area contributed by atoms with Crippen molar-refractivity contribution < 1.29 is 14.0 Å². The summed E-state index contributed by atoms with van der Waals surface area (Å²) in [5.41, 5.74) is 5.70. The van der Waals surface area contributed by atoms with E-state index in [0.29, 0.717) is 18.8 Å². The Hall–Kier alpha value is -1.95. The average Bonchev–Trinajstić information content (AvgIpc) is 2.39. The Morgan fingerprint density at radius 3 is 2.52 bits per heavy atom. The molecule has 0 atom stereocenters. The summed E-state index contributed by atoms with van der Waals surface area (Å²) in [4.78, 5) is 24.8. The summed E-state index contributed by atoms with van der Waals surface area (Å²) in [5.74, 6) is -1.34. The van der Waals surface area contributed by atoms with Crippen LogP contribution in [-0.4, -0.2) is 36.9 Å².